The summed E-state index contributed by atoms with van der Waals surface area (Å²) < 4.78 is 8.51. The average Bonchev–Trinajstić information content (AvgIpc) is 3.06. The minimum Gasteiger partial charge on any atom is -0.376 e. The lowest BCUT2D eigenvalue weighted by Gasteiger charge is -2.21. The van der Waals surface area contributed by atoms with Gasteiger partial charge >= 0.3 is 0 Å². The molecule has 20 heavy (non-hydrogen) atoms. The van der Waals surface area contributed by atoms with Gasteiger partial charge in [-0.05, 0) is 47.9 Å². The summed E-state index contributed by atoms with van der Waals surface area (Å²) in [4.78, 5) is 2.00. The van der Waals surface area contributed by atoms with E-state index in [1.54, 1.807) is 0 Å². The minimum absolute atomic E-state index is 0.299. The van der Waals surface area contributed by atoms with Crippen molar-refractivity contribution in [2.24, 2.45) is 0 Å². The highest BCUT2D eigenvalue weighted by Crippen LogP contribution is 2.16. The third kappa shape index (κ3) is 4.17. The molecule has 1 N–H and O–H groups in total. The summed E-state index contributed by atoms with van der Waals surface area (Å²) in [6.45, 7) is 5.28. The Morgan fingerprint density at radius 1 is 1.70 bits per heavy atom. The zero-order valence-corrected chi connectivity index (χ0v) is 14.3. The molecule has 0 radical (unpaired) electrons. The zero-order chi connectivity index (χ0) is 14.5. The van der Waals surface area contributed by atoms with Gasteiger partial charge in [0.2, 0.25) is 0 Å². The Balaban J connectivity index is 1.81. The number of nitrogens with zero attached hydrogens (tertiary/aromatic N) is 3. The van der Waals surface area contributed by atoms with Crippen molar-refractivity contribution in [1.29, 1.82) is 0 Å². The van der Waals surface area contributed by atoms with Crippen LogP contribution in [0.15, 0.2) is 10.7 Å². The molecule has 0 bridgehead atoms. The lowest BCUT2D eigenvalue weighted by Crippen LogP contribution is -2.40. The molecule has 2 rings (SSSR count). The van der Waals surface area contributed by atoms with Gasteiger partial charge in [-0.15, -0.1) is 0 Å². The Bertz CT molecular complexity index is 459. The van der Waals surface area contributed by atoms with Crippen LogP contribution in [0.3, 0.4) is 0 Å². The van der Waals surface area contributed by atoms with E-state index in [-0.39, 0.29) is 0 Å². The number of aromatic nitrogens is 2. The molecule has 0 aliphatic carbocycles. The van der Waals surface area contributed by atoms with Gasteiger partial charge in [0, 0.05) is 32.9 Å². The number of ether oxygens (including phenoxy) is 1. The Hall–Kier alpha value is -0.660. The van der Waals surface area contributed by atoms with Crippen molar-refractivity contribution in [1.82, 2.24) is 20.0 Å². The first kappa shape index (κ1) is 15.7. The molecular formula is C13H21BrN4OS. The quantitative estimate of drug-likeness (QED) is 0.814. The van der Waals surface area contributed by atoms with Crippen molar-refractivity contribution in [2.75, 3.05) is 20.2 Å². The number of rotatable bonds is 5. The number of thiocarbonyl (C=S) groups is 1. The molecule has 2 heterocycles. The van der Waals surface area contributed by atoms with E-state index >= 15 is 0 Å². The van der Waals surface area contributed by atoms with Crippen molar-refractivity contribution in [2.45, 2.75) is 39.0 Å². The molecule has 1 saturated heterocycles. The van der Waals surface area contributed by atoms with Crippen molar-refractivity contribution >= 4 is 33.3 Å². The van der Waals surface area contributed by atoms with E-state index in [1.165, 1.54) is 0 Å². The standard InChI is InChI=1S/C13H21BrN4OS/c1-3-18-8-11(14)12(16-18)9-17(2)13(20)15-7-10-5-4-6-19-10/h8,10H,3-7,9H2,1-2H3,(H,15,20). The van der Waals surface area contributed by atoms with E-state index < -0.39 is 0 Å². The van der Waals surface area contributed by atoms with Gasteiger partial charge in [0.1, 0.15) is 0 Å². The summed E-state index contributed by atoms with van der Waals surface area (Å²) >= 11 is 8.93. The second-order valence-corrected chi connectivity index (χ2v) is 6.20. The topological polar surface area (TPSA) is 42.3 Å². The molecule has 7 heteroatoms. The molecule has 1 aliphatic heterocycles. The Morgan fingerprint density at radius 3 is 3.10 bits per heavy atom. The first-order valence-electron chi connectivity index (χ1n) is 6.92. The van der Waals surface area contributed by atoms with Crippen molar-refractivity contribution in [3.05, 3.63) is 16.4 Å². The molecule has 1 unspecified atom stereocenters. The van der Waals surface area contributed by atoms with Gasteiger partial charge < -0.3 is 15.0 Å². The molecule has 0 spiro atoms. The smallest absolute Gasteiger partial charge is 0.169 e. The number of halogens is 1. The molecule has 0 saturated carbocycles. The molecule has 112 valence electrons. The molecule has 1 aliphatic rings. The molecule has 1 aromatic heterocycles. The largest absolute Gasteiger partial charge is 0.376 e. The van der Waals surface area contributed by atoms with E-state index in [1.807, 2.05) is 22.8 Å². The lowest BCUT2D eigenvalue weighted by atomic mass is 10.2. The molecule has 5 nitrogen and oxygen atoms in total. The second-order valence-electron chi connectivity index (χ2n) is 4.96. The van der Waals surface area contributed by atoms with Crippen LogP contribution in [0, 0.1) is 0 Å². The van der Waals surface area contributed by atoms with Gasteiger partial charge in [-0.2, -0.15) is 5.10 Å². The first-order valence-corrected chi connectivity index (χ1v) is 8.12. The van der Waals surface area contributed by atoms with E-state index in [0.717, 1.165) is 47.8 Å². The van der Waals surface area contributed by atoms with Crippen LogP contribution in [0.2, 0.25) is 0 Å². The van der Waals surface area contributed by atoms with Gasteiger partial charge in [-0.1, -0.05) is 0 Å². The Kier molecular flexibility index (Phi) is 5.80. The molecule has 1 aromatic rings. The SMILES string of the molecule is CCn1cc(Br)c(CN(C)C(=S)NCC2CCCO2)n1. The summed E-state index contributed by atoms with van der Waals surface area (Å²) in [6.07, 6.45) is 4.56. The average molecular weight is 361 g/mol. The molecule has 1 atom stereocenters. The predicted molar refractivity (Wildman–Crippen MR) is 86.6 cm³/mol. The summed E-state index contributed by atoms with van der Waals surface area (Å²) in [5.74, 6) is 0. The van der Waals surface area contributed by atoms with Crippen LogP contribution in [0.1, 0.15) is 25.5 Å². The lowest BCUT2D eigenvalue weighted by molar-refractivity contribution is 0.113. The number of aryl methyl sites for hydroxylation is 1. The molecular weight excluding hydrogens is 340 g/mol. The van der Waals surface area contributed by atoms with Crippen LogP contribution in [0.4, 0.5) is 0 Å². The highest BCUT2D eigenvalue weighted by molar-refractivity contribution is 9.10. The van der Waals surface area contributed by atoms with Gasteiger partial charge in [0.25, 0.3) is 0 Å². The van der Waals surface area contributed by atoms with Crippen molar-refractivity contribution in [3.63, 3.8) is 0 Å². The fourth-order valence-electron chi connectivity index (χ4n) is 2.14. The zero-order valence-electron chi connectivity index (χ0n) is 11.9. The summed E-state index contributed by atoms with van der Waals surface area (Å²) in [7, 11) is 1.97. The first-order chi connectivity index (χ1) is 9.60. The third-order valence-corrected chi connectivity index (χ3v) is 4.47. The van der Waals surface area contributed by atoms with Crippen LogP contribution in [-0.2, 0) is 17.8 Å². The second kappa shape index (κ2) is 7.38. The number of nitrogens with one attached hydrogen (secondary N) is 1. The maximum atomic E-state index is 5.57. The molecule has 1 fully saturated rings. The summed E-state index contributed by atoms with van der Waals surface area (Å²) in [5.41, 5.74) is 0.996. The number of hydrogen-bond acceptors (Lipinski definition) is 3. The Labute approximate surface area is 133 Å². The van der Waals surface area contributed by atoms with Crippen molar-refractivity contribution in [3.8, 4) is 0 Å². The fraction of sp³-hybridized carbons (Fsp3) is 0.692. The van der Waals surface area contributed by atoms with Crippen LogP contribution in [0.5, 0.6) is 0 Å². The van der Waals surface area contributed by atoms with Gasteiger partial charge in [0.05, 0.1) is 22.8 Å². The van der Waals surface area contributed by atoms with Crippen LogP contribution in [-0.4, -0.2) is 46.1 Å². The van der Waals surface area contributed by atoms with E-state index in [9.17, 15) is 0 Å². The predicted octanol–water partition coefficient (Wildman–Crippen LogP) is 2.15. The van der Waals surface area contributed by atoms with E-state index in [0.29, 0.717) is 12.6 Å². The van der Waals surface area contributed by atoms with Crippen molar-refractivity contribution < 1.29 is 4.74 Å². The summed E-state index contributed by atoms with van der Waals surface area (Å²) in [5, 5.41) is 8.51. The van der Waals surface area contributed by atoms with Crippen LogP contribution >= 0.6 is 28.1 Å². The van der Waals surface area contributed by atoms with Gasteiger partial charge in [0.15, 0.2) is 5.11 Å². The van der Waals surface area contributed by atoms with Gasteiger partial charge in [-0.25, -0.2) is 0 Å². The third-order valence-electron chi connectivity index (χ3n) is 3.35. The van der Waals surface area contributed by atoms with Crippen LogP contribution in [0.25, 0.3) is 0 Å². The monoisotopic (exact) mass is 360 g/mol. The van der Waals surface area contributed by atoms with Crippen LogP contribution < -0.4 is 5.32 Å². The maximum Gasteiger partial charge on any atom is 0.169 e. The van der Waals surface area contributed by atoms with Gasteiger partial charge in [-0.3, -0.25) is 4.68 Å². The van der Waals surface area contributed by atoms with E-state index in [4.69, 9.17) is 17.0 Å². The van der Waals surface area contributed by atoms with E-state index in [2.05, 4.69) is 33.3 Å². The fourth-order valence-corrected chi connectivity index (χ4v) is 2.73. The highest BCUT2D eigenvalue weighted by Gasteiger charge is 2.17. The maximum absolute atomic E-state index is 5.57. The molecule has 0 amide bonds. The highest BCUT2D eigenvalue weighted by atomic mass is 79.9. The Morgan fingerprint density at radius 2 is 2.50 bits per heavy atom. The molecule has 0 aromatic carbocycles. The minimum atomic E-state index is 0.299. The number of hydrogen-bond donors (Lipinski definition) is 1. The summed E-state index contributed by atoms with van der Waals surface area (Å²) in [6, 6.07) is 0. The normalized spacial score (nSPS) is 18.2.